The van der Waals surface area contributed by atoms with Crippen LogP contribution in [0.1, 0.15) is 29.5 Å². The third-order valence-electron chi connectivity index (χ3n) is 7.07. The molecule has 1 aliphatic rings. The number of fused-ring (bicyclic) bond motifs is 2. The van der Waals surface area contributed by atoms with E-state index in [-0.39, 0.29) is 6.03 Å². The molecule has 0 aliphatic heterocycles. The van der Waals surface area contributed by atoms with E-state index in [1.165, 1.54) is 6.20 Å². The molecule has 2 aromatic heterocycles. The van der Waals surface area contributed by atoms with Crippen LogP contribution in [0, 0.1) is 18.3 Å². The van der Waals surface area contributed by atoms with Crippen molar-refractivity contribution >= 4 is 39.4 Å². The van der Waals surface area contributed by atoms with Crippen LogP contribution in [-0.4, -0.2) is 15.6 Å². The van der Waals surface area contributed by atoms with E-state index in [1.54, 1.807) is 10.7 Å². The van der Waals surface area contributed by atoms with E-state index < -0.39 is 0 Å². The largest absolute Gasteiger partial charge is 0.458 e. The zero-order valence-electron chi connectivity index (χ0n) is 22.5. The van der Waals surface area contributed by atoms with Crippen molar-refractivity contribution in [2.75, 3.05) is 10.6 Å². The van der Waals surface area contributed by atoms with Crippen LogP contribution in [0.3, 0.4) is 0 Å². The number of rotatable bonds is 7. The summed E-state index contributed by atoms with van der Waals surface area (Å²) in [6.07, 6.45) is 11.4. The summed E-state index contributed by atoms with van der Waals surface area (Å²) in [5.74, 6) is 1.57. The van der Waals surface area contributed by atoms with Crippen molar-refractivity contribution in [2.45, 2.75) is 26.3 Å². The Bertz CT molecular complexity index is 1860. The molecule has 0 saturated heterocycles. The first-order valence-corrected chi connectivity index (χ1v) is 13.4. The lowest BCUT2D eigenvalue weighted by molar-refractivity contribution is 0.252. The summed E-state index contributed by atoms with van der Waals surface area (Å²) in [4.78, 5) is 12.9. The van der Waals surface area contributed by atoms with Crippen LogP contribution in [0.25, 0.3) is 16.3 Å². The average molecular weight is 541 g/mol. The number of amides is 2. The molecule has 3 aromatic carbocycles. The fraction of sp³-hybridized carbons (Fsp3) is 0.121. The van der Waals surface area contributed by atoms with E-state index >= 15 is 0 Å². The van der Waals surface area contributed by atoms with Crippen molar-refractivity contribution in [3.8, 4) is 11.8 Å². The van der Waals surface area contributed by atoms with Crippen LogP contribution in [0.2, 0.25) is 0 Å². The van der Waals surface area contributed by atoms with Crippen LogP contribution in [0.4, 0.5) is 21.9 Å². The number of hydrogen-bond acceptors (Lipinski definition) is 5. The molecular formula is C33H28N6O2. The minimum Gasteiger partial charge on any atom is -0.458 e. The van der Waals surface area contributed by atoms with Gasteiger partial charge in [0.25, 0.3) is 0 Å². The molecule has 3 N–H and O–H groups in total. The Morgan fingerprint density at radius 1 is 1.07 bits per heavy atom. The normalized spacial score (nSPS) is 12.5. The minimum absolute atomic E-state index is 0.328. The fourth-order valence-corrected chi connectivity index (χ4v) is 4.97. The molecule has 6 rings (SSSR count). The van der Waals surface area contributed by atoms with E-state index in [0.29, 0.717) is 29.0 Å². The Balaban J connectivity index is 1.20. The number of anilines is 3. The van der Waals surface area contributed by atoms with E-state index in [9.17, 15) is 10.1 Å². The van der Waals surface area contributed by atoms with Gasteiger partial charge in [-0.05, 0) is 72.5 Å². The van der Waals surface area contributed by atoms with E-state index in [2.05, 4.69) is 51.4 Å². The van der Waals surface area contributed by atoms with Gasteiger partial charge in [0.15, 0.2) is 0 Å². The van der Waals surface area contributed by atoms with Gasteiger partial charge in [-0.1, -0.05) is 48.5 Å². The molecule has 0 bridgehead atoms. The maximum atomic E-state index is 12.9. The molecule has 41 heavy (non-hydrogen) atoms. The van der Waals surface area contributed by atoms with Gasteiger partial charge in [0.2, 0.25) is 0 Å². The number of allylic oxidation sites excluding steroid dienone is 3. The molecule has 0 radical (unpaired) electrons. The summed E-state index contributed by atoms with van der Waals surface area (Å²) >= 11 is 0. The number of nitriles is 1. The number of nitrogens with one attached hydrogen (secondary N) is 3. The maximum absolute atomic E-state index is 12.9. The van der Waals surface area contributed by atoms with Gasteiger partial charge in [-0.3, -0.25) is 0 Å². The molecule has 202 valence electrons. The lowest BCUT2D eigenvalue weighted by Gasteiger charge is -2.13. The molecule has 0 saturated carbocycles. The summed E-state index contributed by atoms with van der Waals surface area (Å²) in [6, 6.07) is 23.6. The number of nitrogens with zero attached hydrogens (tertiary/aromatic N) is 3. The predicted octanol–water partition coefficient (Wildman–Crippen LogP) is 7.35. The number of aromatic nitrogens is 2. The highest BCUT2D eigenvalue weighted by molar-refractivity contribution is 5.95. The molecule has 0 fully saturated rings. The molecule has 5 aromatic rings. The number of hydrogen-bond donors (Lipinski definition) is 3. The lowest BCUT2D eigenvalue weighted by Crippen LogP contribution is -2.28. The minimum atomic E-state index is -0.328. The smallest absolute Gasteiger partial charge is 0.319 e. The van der Waals surface area contributed by atoms with Crippen molar-refractivity contribution in [1.29, 1.82) is 5.26 Å². The first-order valence-electron chi connectivity index (χ1n) is 13.4. The molecular weight excluding hydrogens is 512 g/mol. The Morgan fingerprint density at radius 2 is 1.90 bits per heavy atom. The Morgan fingerprint density at radius 3 is 2.71 bits per heavy atom. The SMILES string of the molecule is Cc1c(NC(=O)NCc2cccc3ccccc23)cn2ncc(C#N)c(Nc3ccc(OC4=CCCC=C4)cc3)c12. The standard InChI is InChI=1S/C33H28N6O2/c1-22-30(38-33(40)35-19-24-10-7-9-23-8-5-6-13-29(23)24)21-39-32(22)31(25(18-34)20-36-39)37-26-14-16-28(17-15-26)41-27-11-3-2-4-12-27/h3,5-17,20-21,37H,2,4,19H2,1H3,(H2,35,38,40). The maximum Gasteiger partial charge on any atom is 0.319 e. The molecule has 0 unspecified atom stereocenters. The molecule has 0 spiro atoms. The van der Waals surface area contributed by atoms with Crippen LogP contribution in [0.15, 0.2) is 103 Å². The first kappa shape index (κ1) is 25.7. The quantitative estimate of drug-likeness (QED) is 0.200. The first-order chi connectivity index (χ1) is 20.1. The van der Waals surface area contributed by atoms with Gasteiger partial charge in [-0.15, -0.1) is 0 Å². The van der Waals surface area contributed by atoms with Crippen molar-refractivity contribution in [2.24, 2.45) is 0 Å². The Labute approximate surface area is 237 Å². The molecule has 1 aliphatic carbocycles. The van der Waals surface area contributed by atoms with Gasteiger partial charge in [-0.25, -0.2) is 9.31 Å². The summed E-state index contributed by atoms with van der Waals surface area (Å²) < 4.78 is 7.60. The molecule has 2 heterocycles. The molecule has 8 nitrogen and oxygen atoms in total. The highest BCUT2D eigenvalue weighted by Crippen LogP contribution is 2.33. The highest BCUT2D eigenvalue weighted by Gasteiger charge is 2.17. The fourth-order valence-electron chi connectivity index (χ4n) is 4.97. The van der Waals surface area contributed by atoms with Gasteiger partial charge >= 0.3 is 6.03 Å². The van der Waals surface area contributed by atoms with Gasteiger partial charge in [-0.2, -0.15) is 10.4 Å². The number of benzene rings is 3. The van der Waals surface area contributed by atoms with Gasteiger partial charge in [0.1, 0.15) is 17.6 Å². The number of carbonyl (C=O) groups is 1. The topological polar surface area (TPSA) is 103 Å². The summed E-state index contributed by atoms with van der Waals surface area (Å²) in [6.45, 7) is 2.28. The highest BCUT2D eigenvalue weighted by atomic mass is 16.5. The Hall–Kier alpha value is -5.55. The van der Waals surface area contributed by atoms with Crippen LogP contribution < -0.4 is 20.7 Å². The van der Waals surface area contributed by atoms with Crippen molar-refractivity contribution in [3.63, 3.8) is 0 Å². The van der Waals surface area contributed by atoms with E-state index in [4.69, 9.17) is 4.74 Å². The van der Waals surface area contributed by atoms with Gasteiger partial charge in [0.05, 0.1) is 34.8 Å². The predicted molar refractivity (Wildman–Crippen MR) is 161 cm³/mol. The van der Waals surface area contributed by atoms with Crippen molar-refractivity contribution < 1.29 is 9.53 Å². The van der Waals surface area contributed by atoms with Crippen LogP contribution in [-0.2, 0) is 6.54 Å². The second kappa shape index (κ2) is 11.3. The number of aryl methyl sites for hydroxylation is 1. The third kappa shape index (κ3) is 5.47. The molecule has 0 atom stereocenters. The van der Waals surface area contributed by atoms with Crippen molar-refractivity contribution in [1.82, 2.24) is 14.9 Å². The zero-order chi connectivity index (χ0) is 28.2. The van der Waals surface area contributed by atoms with E-state index in [1.807, 2.05) is 67.6 Å². The second-order valence-electron chi connectivity index (χ2n) is 9.79. The lowest BCUT2D eigenvalue weighted by atomic mass is 10.0. The number of urea groups is 1. The van der Waals surface area contributed by atoms with Crippen LogP contribution in [0.5, 0.6) is 5.75 Å². The molecule has 2 amide bonds. The molecule has 8 heteroatoms. The third-order valence-corrected chi connectivity index (χ3v) is 7.07. The summed E-state index contributed by atoms with van der Waals surface area (Å²) in [5, 5.41) is 25.7. The Kier molecular flexibility index (Phi) is 7.08. The second-order valence-corrected chi connectivity index (χ2v) is 9.79. The average Bonchev–Trinajstić information content (AvgIpc) is 3.32. The zero-order valence-corrected chi connectivity index (χ0v) is 22.5. The number of carbonyl (C=O) groups excluding carboxylic acids is 1. The summed E-state index contributed by atoms with van der Waals surface area (Å²) in [7, 11) is 0. The van der Waals surface area contributed by atoms with E-state index in [0.717, 1.165) is 51.9 Å². The van der Waals surface area contributed by atoms with Gasteiger partial charge < -0.3 is 20.7 Å². The number of ether oxygens (including phenoxy) is 1. The van der Waals surface area contributed by atoms with Gasteiger partial charge in [0, 0.05) is 17.8 Å². The van der Waals surface area contributed by atoms with Crippen molar-refractivity contribution in [3.05, 3.63) is 120 Å². The summed E-state index contributed by atoms with van der Waals surface area (Å²) in [5.41, 5.74) is 4.91. The van der Waals surface area contributed by atoms with Crippen LogP contribution >= 0.6 is 0 Å². The monoisotopic (exact) mass is 540 g/mol.